The second-order valence-electron chi connectivity index (χ2n) is 2.57. The zero-order chi connectivity index (χ0) is 7.72. The molecule has 1 rings (SSSR count). The molecule has 0 amide bonds. The molecule has 0 aromatic rings. The van der Waals surface area contributed by atoms with Gasteiger partial charge in [-0.15, -0.1) is 11.6 Å². The van der Waals surface area contributed by atoms with Gasteiger partial charge in [0.05, 0.1) is 12.0 Å². The van der Waals surface area contributed by atoms with Crippen molar-refractivity contribution in [1.82, 2.24) is 0 Å². The second-order valence-corrected chi connectivity index (χ2v) is 2.88. The Morgan fingerprint density at radius 2 is 2.10 bits per heavy atom. The van der Waals surface area contributed by atoms with E-state index in [1.807, 2.05) is 0 Å². The van der Waals surface area contributed by atoms with Crippen molar-refractivity contribution in [3.8, 4) is 0 Å². The van der Waals surface area contributed by atoms with Crippen LogP contribution in [0.1, 0.15) is 6.92 Å². The molecule has 4 atom stereocenters. The molecule has 0 aliphatic carbocycles. The summed E-state index contributed by atoms with van der Waals surface area (Å²) in [6.45, 7) is 1.72. The Morgan fingerprint density at radius 1 is 1.50 bits per heavy atom. The maximum absolute atomic E-state index is 9.26. The first-order valence-corrected chi connectivity index (χ1v) is 3.78. The van der Waals surface area contributed by atoms with Crippen molar-refractivity contribution in [2.75, 3.05) is 5.88 Å². The Hall–Kier alpha value is 0.170. The van der Waals surface area contributed by atoms with E-state index >= 15 is 0 Å². The minimum Gasteiger partial charge on any atom is -0.390 e. The number of aliphatic hydroxyl groups is 2. The van der Waals surface area contributed by atoms with Crippen LogP contribution in [0.2, 0.25) is 0 Å². The molecular formula is C6H11ClO3. The van der Waals surface area contributed by atoms with Crippen molar-refractivity contribution in [2.45, 2.75) is 25.4 Å². The minimum atomic E-state index is -0.862. The SMILES string of the molecule is C[C@H]1C(O)O[C@H](CCl)[C@H]1O. The van der Waals surface area contributed by atoms with Crippen molar-refractivity contribution >= 4 is 11.6 Å². The summed E-state index contributed by atoms with van der Waals surface area (Å²) in [7, 11) is 0. The predicted molar refractivity (Wildman–Crippen MR) is 36.8 cm³/mol. The number of halogens is 1. The van der Waals surface area contributed by atoms with Gasteiger partial charge in [0.2, 0.25) is 0 Å². The number of alkyl halides is 1. The summed E-state index contributed by atoms with van der Waals surface area (Å²) in [6, 6.07) is 0. The molecule has 0 spiro atoms. The first-order chi connectivity index (χ1) is 4.66. The molecule has 1 aliphatic rings. The van der Waals surface area contributed by atoms with E-state index in [0.717, 1.165) is 0 Å². The van der Waals surface area contributed by atoms with E-state index < -0.39 is 18.5 Å². The average Bonchev–Trinajstić information content (AvgIpc) is 2.17. The molecule has 0 saturated carbocycles. The predicted octanol–water partition coefficient (Wildman–Crippen LogP) is -0.0606. The maximum Gasteiger partial charge on any atom is 0.160 e. The van der Waals surface area contributed by atoms with E-state index in [1.54, 1.807) is 6.92 Å². The van der Waals surface area contributed by atoms with E-state index in [9.17, 15) is 5.11 Å². The number of rotatable bonds is 1. The van der Waals surface area contributed by atoms with Crippen LogP contribution in [-0.2, 0) is 4.74 Å². The van der Waals surface area contributed by atoms with Gasteiger partial charge in [0.25, 0.3) is 0 Å². The van der Waals surface area contributed by atoms with Crippen LogP contribution in [0.4, 0.5) is 0 Å². The Morgan fingerprint density at radius 3 is 2.30 bits per heavy atom. The van der Waals surface area contributed by atoms with Gasteiger partial charge in [-0.3, -0.25) is 0 Å². The van der Waals surface area contributed by atoms with Crippen LogP contribution in [-0.4, -0.2) is 34.6 Å². The molecule has 1 aliphatic heterocycles. The number of ether oxygens (including phenoxy) is 1. The molecule has 0 bridgehead atoms. The molecule has 10 heavy (non-hydrogen) atoms. The Bertz CT molecular complexity index is 120. The second kappa shape index (κ2) is 3.05. The Labute approximate surface area is 64.6 Å². The summed E-state index contributed by atoms with van der Waals surface area (Å²) >= 11 is 5.44. The Balaban J connectivity index is 2.53. The van der Waals surface area contributed by atoms with Gasteiger partial charge < -0.3 is 14.9 Å². The third-order valence-electron chi connectivity index (χ3n) is 1.84. The Kier molecular flexibility index (Phi) is 2.52. The van der Waals surface area contributed by atoms with Gasteiger partial charge in [0, 0.05) is 5.92 Å². The lowest BCUT2D eigenvalue weighted by Crippen LogP contribution is -2.26. The van der Waals surface area contributed by atoms with Gasteiger partial charge in [0.1, 0.15) is 6.10 Å². The molecule has 0 radical (unpaired) electrons. The zero-order valence-corrected chi connectivity index (χ0v) is 6.45. The van der Waals surface area contributed by atoms with Gasteiger partial charge in [-0.1, -0.05) is 6.92 Å². The van der Waals surface area contributed by atoms with Crippen molar-refractivity contribution in [3.05, 3.63) is 0 Å². The third kappa shape index (κ3) is 1.27. The molecule has 2 N–H and O–H groups in total. The van der Waals surface area contributed by atoms with Gasteiger partial charge in [-0.25, -0.2) is 0 Å². The molecule has 1 unspecified atom stereocenters. The quantitative estimate of drug-likeness (QED) is 0.537. The van der Waals surface area contributed by atoms with Crippen molar-refractivity contribution in [1.29, 1.82) is 0 Å². The summed E-state index contributed by atoms with van der Waals surface area (Å²) in [5, 5.41) is 18.3. The molecular weight excluding hydrogens is 156 g/mol. The summed E-state index contributed by atoms with van der Waals surface area (Å²) in [5.74, 6) is -0.00787. The van der Waals surface area contributed by atoms with E-state index in [-0.39, 0.29) is 11.8 Å². The normalized spacial score (nSPS) is 48.0. The van der Waals surface area contributed by atoms with Crippen molar-refractivity contribution in [3.63, 3.8) is 0 Å². The van der Waals surface area contributed by atoms with E-state index in [2.05, 4.69) is 0 Å². The molecule has 3 nitrogen and oxygen atoms in total. The third-order valence-corrected chi connectivity index (χ3v) is 2.14. The fourth-order valence-corrected chi connectivity index (χ4v) is 1.27. The largest absolute Gasteiger partial charge is 0.390 e. The number of hydrogen-bond acceptors (Lipinski definition) is 3. The highest BCUT2D eigenvalue weighted by Crippen LogP contribution is 2.25. The lowest BCUT2D eigenvalue weighted by Gasteiger charge is -2.10. The van der Waals surface area contributed by atoms with Gasteiger partial charge in [-0.2, -0.15) is 0 Å². The molecule has 0 aromatic carbocycles. The molecule has 60 valence electrons. The van der Waals surface area contributed by atoms with Gasteiger partial charge >= 0.3 is 0 Å². The van der Waals surface area contributed by atoms with E-state index in [4.69, 9.17) is 21.4 Å². The first kappa shape index (κ1) is 8.27. The fourth-order valence-electron chi connectivity index (χ4n) is 1.02. The van der Waals surface area contributed by atoms with Crippen LogP contribution in [0, 0.1) is 5.92 Å². The van der Waals surface area contributed by atoms with Crippen LogP contribution < -0.4 is 0 Å². The van der Waals surface area contributed by atoms with E-state index in [0.29, 0.717) is 0 Å². The summed E-state index contributed by atoms with van der Waals surface area (Å²) in [6.07, 6.45) is -1.90. The number of aliphatic hydroxyl groups excluding tert-OH is 2. The molecule has 1 saturated heterocycles. The van der Waals surface area contributed by atoms with Crippen molar-refractivity contribution in [2.24, 2.45) is 5.92 Å². The standard InChI is InChI=1S/C6H11ClO3/c1-3-5(8)4(2-7)10-6(3)9/h3-6,8-9H,2H2,1H3/t3-,4-,5+,6?/m1/s1. The maximum atomic E-state index is 9.26. The van der Waals surface area contributed by atoms with Gasteiger partial charge in [-0.05, 0) is 0 Å². The monoisotopic (exact) mass is 166 g/mol. The minimum absolute atomic E-state index is 0.225. The van der Waals surface area contributed by atoms with Gasteiger partial charge in [0.15, 0.2) is 6.29 Å². The lowest BCUT2D eigenvalue weighted by molar-refractivity contribution is -0.100. The van der Waals surface area contributed by atoms with Crippen molar-refractivity contribution < 1.29 is 14.9 Å². The lowest BCUT2D eigenvalue weighted by atomic mass is 10.0. The van der Waals surface area contributed by atoms with Crippen LogP contribution in [0.25, 0.3) is 0 Å². The highest BCUT2D eigenvalue weighted by molar-refractivity contribution is 6.18. The average molecular weight is 167 g/mol. The topological polar surface area (TPSA) is 49.7 Å². The summed E-state index contributed by atoms with van der Waals surface area (Å²) < 4.78 is 4.91. The first-order valence-electron chi connectivity index (χ1n) is 3.24. The molecule has 0 aromatic heterocycles. The molecule has 1 heterocycles. The zero-order valence-electron chi connectivity index (χ0n) is 5.70. The van der Waals surface area contributed by atoms with E-state index in [1.165, 1.54) is 0 Å². The van der Waals surface area contributed by atoms with Crippen LogP contribution in [0.15, 0.2) is 0 Å². The summed E-state index contributed by atoms with van der Waals surface area (Å²) in [4.78, 5) is 0. The fraction of sp³-hybridized carbons (Fsp3) is 1.00. The number of hydrogen-bond donors (Lipinski definition) is 2. The highest BCUT2D eigenvalue weighted by Gasteiger charge is 2.38. The smallest absolute Gasteiger partial charge is 0.160 e. The van der Waals surface area contributed by atoms with Crippen LogP contribution >= 0.6 is 11.6 Å². The molecule has 4 heteroatoms. The van der Waals surface area contributed by atoms with Crippen LogP contribution in [0.5, 0.6) is 0 Å². The highest BCUT2D eigenvalue weighted by atomic mass is 35.5. The van der Waals surface area contributed by atoms with Crippen LogP contribution in [0.3, 0.4) is 0 Å². The molecule has 1 fully saturated rings. The summed E-state index contributed by atoms with van der Waals surface area (Å²) in [5.41, 5.74) is 0.